The minimum Gasteiger partial charge on any atom is -0.504 e. The summed E-state index contributed by atoms with van der Waals surface area (Å²) in [5, 5.41) is 29.6. The van der Waals surface area contributed by atoms with Crippen molar-refractivity contribution in [3.05, 3.63) is 23.8 Å². The van der Waals surface area contributed by atoms with E-state index in [1.165, 1.54) is 24.5 Å². The van der Waals surface area contributed by atoms with Crippen LogP contribution in [-0.4, -0.2) is 45.2 Å². The monoisotopic (exact) mass is 271 g/mol. The SMILES string of the molecule is CSC(=O)[C@H](CO)NC(=O)c1cccc(O)c1O. The van der Waals surface area contributed by atoms with Crippen molar-refractivity contribution in [2.75, 3.05) is 12.9 Å². The van der Waals surface area contributed by atoms with Crippen LogP contribution in [-0.2, 0) is 4.79 Å². The maximum Gasteiger partial charge on any atom is 0.255 e. The molecule has 1 rings (SSSR count). The third kappa shape index (κ3) is 3.14. The molecule has 18 heavy (non-hydrogen) atoms. The molecule has 0 saturated heterocycles. The van der Waals surface area contributed by atoms with Crippen molar-refractivity contribution in [1.29, 1.82) is 0 Å². The quantitative estimate of drug-likeness (QED) is 0.578. The predicted molar refractivity (Wildman–Crippen MR) is 66.6 cm³/mol. The number of aliphatic hydroxyl groups excluding tert-OH is 1. The number of hydrogen-bond acceptors (Lipinski definition) is 6. The standard InChI is InChI=1S/C11H13NO5S/c1-18-11(17)7(5-13)12-10(16)6-3-2-4-8(14)9(6)15/h2-4,7,13-15H,5H2,1H3,(H,12,16)/t7-/m0/s1. The number of hydrogen-bond donors (Lipinski definition) is 4. The Morgan fingerprint density at radius 1 is 1.39 bits per heavy atom. The fourth-order valence-corrected chi connectivity index (χ4v) is 1.69. The van der Waals surface area contributed by atoms with Gasteiger partial charge >= 0.3 is 0 Å². The average Bonchev–Trinajstić information content (AvgIpc) is 2.37. The zero-order chi connectivity index (χ0) is 13.7. The molecule has 0 aliphatic carbocycles. The summed E-state index contributed by atoms with van der Waals surface area (Å²) >= 11 is 0.876. The van der Waals surface area contributed by atoms with E-state index < -0.39 is 35.2 Å². The Morgan fingerprint density at radius 3 is 2.61 bits per heavy atom. The van der Waals surface area contributed by atoms with Gasteiger partial charge in [0.05, 0.1) is 12.2 Å². The number of carbonyl (C=O) groups excluding carboxylic acids is 2. The molecule has 0 saturated carbocycles. The average molecular weight is 271 g/mol. The van der Waals surface area contributed by atoms with E-state index in [4.69, 9.17) is 5.11 Å². The van der Waals surface area contributed by atoms with Gasteiger partial charge in [0.25, 0.3) is 5.91 Å². The number of rotatable bonds is 4. The van der Waals surface area contributed by atoms with E-state index in [0.29, 0.717) is 0 Å². The summed E-state index contributed by atoms with van der Waals surface area (Å²) in [6, 6.07) is 2.86. The Labute approximate surface area is 108 Å². The highest BCUT2D eigenvalue weighted by Crippen LogP contribution is 2.28. The van der Waals surface area contributed by atoms with Gasteiger partial charge in [0, 0.05) is 0 Å². The zero-order valence-electron chi connectivity index (χ0n) is 9.58. The molecule has 1 atom stereocenters. The van der Waals surface area contributed by atoms with E-state index in [1.54, 1.807) is 0 Å². The molecule has 0 bridgehead atoms. The van der Waals surface area contributed by atoms with Gasteiger partial charge in [-0.25, -0.2) is 0 Å². The first-order chi connectivity index (χ1) is 8.51. The second-order valence-corrected chi connectivity index (χ2v) is 4.22. The molecule has 0 aliphatic heterocycles. The molecule has 1 aromatic carbocycles. The molecule has 1 amide bonds. The van der Waals surface area contributed by atoms with Gasteiger partial charge in [-0.15, -0.1) is 0 Å². The van der Waals surface area contributed by atoms with Gasteiger partial charge in [0.2, 0.25) is 5.12 Å². The number of aromatic hydroxyl groups is 2. The predicted octanol–water partition coefficient (Wildman–Crippen LogP) is 0.0781. The molecule has 0 aliphatic rings. The van der Waals surface area contributed by atoms with E-state index in [2.05, 4.69) is 5.32 Å². The second kappa shape index (κ2) is 6.27. The number of phenols is 2. The first-order valence-corrected chi connectivity index (χ1v) is 6.24. The first kappa shape index (κ1) is 14.3. The van der Waals surface area contributed by atoms with Crippen LogP contribution in [0.5, 0.6) is 11.5 Å². The number of aliphatic hydroxyl groups is 1. The zero-order valence-corrected chi connectivity index (χ0v) is 10.4. The van der Waals surface area contributed by atoms with E-state index >= 15 is 0 Å². The van der Waals surface area contributed by atoms with E-state index in [0.717, 1.165) is 11.8 Å². The van der Waals surface area contributed by atoms with Crippen molar-refractivity contribution in [2.24, 2.45) is 0 Å². The molecule has 0 spiro atoms. The number of para-hydroxylation sites is 1. The highest BCUT2D eigenvalue weighted by Gasteiger charge is 2.22. The van der Waals surface area contributed by atoms with Gasteiger partial charge in [-0.05, 0) is 18.4 Å². The highest BCUT2D eigenvalue weighted by molar-refractivity contribution is 8.13. The Bertz CT molecular complexity index is 463. The lowest BCUT2D eigenvalue weighted by Gasteiger charge is -2.14. The van der Waals surface area contributed by atoms with Gasteiger partial charge in [0.15, 0.2) is 11.5 Å². The summed E-state index contributed by atoms with van der Waals surface area (Å²) in [6.45, 7) is -0.537. The van der Waals surface area contributed by atoms with Crippen molar-refractivity contribution in [3.63, 3.8) is 0 Å². The summed E-state index contributed by atoms with van der Waals surface area (Å²) in [7, 11) is 0. The van der Waals surface area contributed by atoms with Crippen LogP contribution in [0.25, 0.3) is 0 Å². The minimum absolute atomic E-state index is 0.164. The van der Waals surface area contributed by atoms with Gasteiger partial charge in [-0.1, -0.05) is 17.8 Å². The summed E-state index contributed by atoms with van der Waals surface area (Å²) in [5.74, 6) is -1.74. The molecule has 98 valence electrons. The molecule has 0 fully saturated rings. The molecular formula is C11H13NO5S. The lowest BCUT2D eigenvalue weighted by molar-refractivity contribution is -0.113. The second-order valence-electron chi connectivity index (χ2n) is 3.41. The number of benzene rings is 1. The summed E-state index contributed by atoms with van der Waals surface area (Å²) in [5.41, 5.74) is -0.164. The largest absolute Gasteiger partial charge is 0.504 e. The number of phenolic OH excluding ortho intramolecular Hbond substituents is 2. The summed E-state index contributed by atoms with van der Waals surface area (Å²) in [6.07, 6.45) is 1.53. The van der Waals surface area contributed by atoms with Crippen molar-refractivity contribution >= 4 is 22.8 Å². The summed E-state index contributed by atoms with van der Waals surface area (Å²) in [4.78, 5) is 23.1. The van der Waals surface area contributed by atoms with Gasteiger partial charge in [-0.3, -0.25) is 9.59 Å². The maximum atomic E-state index is 11.8. The van der Waals surface area contributed by atoms with Crippen LogP contribution in [0.3, 0.4) is 0 Å². The number of nitrogens with one attached hydrogen (secondary N) is 1. The fourth-order valence-electron chi connectivity index (χ4n) is 1.27. The van der Waals surface area contributed by atoms with E-state index in [-0.39, 0.29) is 5.56 Å². The van der Waals surface area contributed by atoms with Crippen LogP contribution in [0.2, 0.25) is 0 Å². The number of thioether (sulfide) groups is 1. The molecule has 0 unspecified atom stereocenters. The van der Waals surface area contributed by atoms with Crippen LogP contribution in [0.1, 0.15) is 10.4 Å². The van der Waals surface area contributed by atoms with E-state index in [9.17, 15) is 19.8 Å². The summed E-state index contributed by atoms with van der Waals surface area (Å²) < 4.78 is 0. The molecular weight excluding hydrogens is 258 g/mol. The fraction of sp³-hybridized carbons (Fsp3) is 0.273. The van der Waals surface area contributed by atoms with Crippen molar-refractivity contribution in [1.82, 2.24) is 5.32 Å². The van der Waals surface area contributed by atoms with Crippen molar-refractivity contribution < 1.29 is 24.9 Å². The maximum absolute atomic E-state index is 11.8. The van der Waals surface area contributed by atoms with Crippen LogP contribution in [0.15, 0.2) is 18.2 Å². The lowest BCUT2D eigenvalue weighted by Crippen LogP contribution is -2.42. The topological polar surface area (TPSA) is 107 Å². The normalized spacial score (nSPS) is 11.9. The molecule has 0 radical (unpaired) electrons. The van der Waals surface area contributed by atoms with Gasteiger partial charge in [0.1, 0.15) is 6.04 Å². The number of amides is 1. The Hall–Kier alpha value is -1.73. The molecule has 6 nitrogen and oxygen atoms in total. The molecule has 4 N–H and O–H groups in total. The van der Waals surface area contributed by atoms with Gasteiger partial charge < -0.3 is 20.6 Å². The van der Waals surface area contributed by atoms with Crippen molar-refractivity contribution in [3.8, 4) is 11.5 Å². The smallest absolute Gasteiger partial charge is 0.255 e. The van der Waals surface area contributed by atoms with Crippen molar-refractivity contribution in [2.45, 2.75) is 6.04 Å². The van der Waals surface area contributed by atoms with Crippen LogP contribution >= 0.6 is 11.8 Å². The number of carbonyl (C=O) groups is 2. The van der Waals surface area contributed by atoms with Crippen LogP contribution in [0, 0.1) is 0 Å². The van der Waals surface area contributed by atoms with E-state index in [1.807, 2.05) is 0 Å². The third-order valence-corrected chi connectivity index (χ3v) is 2.92. The lowest BCUT2D eigenvalue weighted by atomic mass is 10.1. The molecule has 7 heteroatoms. The Kier molecular flexibility index (Phi) is 4.99. The van der Waals surface area contributed by atoms with Crippen LogP contribution < -0.4 is 5.32 Å². The molecule has 0 aromatic heterocycles. The third-order valence-electron chi connectivity index (χ3n) is 2.23. The Balaban J connectivity index is 2.88. The molecule has 1 aromatic rings. The highest BCUT2D eigenvalue weighted by atomic mass is 32.2. The first-order valence-electron chi connectivity index (χ1n) is 5.01. The van der Waals surface area contributed by atoms with Crippen LogP contribution in [0.4, 0.5) is 0 Å². The minimum atomic E-state index is -1.05. The van der Waals surface area contributed by atoms with Gasteiger partial charge in [-0.2, -0.15) is 0 Å². The Morgan fingerprint density at radius 2 is 2.06 bits per heavy atom. The molecule has 0 heterocycles.